The van der Waals surface area contributed by atoms with Gasteiger partial charge in [0.15, 0.2) is 0 Å². The number of hydrogen-bond acceptors (Lipinski definition) is 2. The Kier molecular flexibility index (Phi) is 4.20. The first-order chi connectivity index (χ1) is 6.20. The maximum Gasteiger partial charge on any atom is 0.0278 e. The Morgan fingerprint density at radius 2 is 1.62 bits per heavy atom. The average Bonchev–Trinajstić information content (AvgIpc) is 2.19. The fourth-order valence-corrected chi connectivity index (χ4v) is 2.04. The largest absolute Gasteiger partial charge is 0.324 e. The van der Waals surface area contributed by atoms with Crippen molar-refractivity contribution in [1.29, 1.82) is 0 Å². The SMILES string of the molecule is CCC(N)(CC)CN1CCCCC1. The van der Waals surface area contributed by atoms with E-state index < -0.39 is 0 Å². The van der Waals surface area contributed by atoms with Gasteiger partial charge < -0.3 is 10.6 Å². The van der Waals surface area contributed by atoms with Crippen molar-refractivity contribution in [2.24, 2.45) is 5.73 Å². The molecule has 13 heavy (non-hydrogen) atoms. The Labute approximate surface area is 82.5 Å². The summed E-state index contributed by atoms with van der Waals surface area (Å²) in [7, 11) is 0. The smallest absolute Gasteiger partial charge is 0.0278 e. The zero-order chi connectivity index (χ0) is 9.73. The van der Waals surface area contributed by atoms with Crippen molar-refractivity contribution in [3.63, 3.8) is 0 Å². The molecular weight excluding hydrogens is 160 g/mol. The van der Waals surface area contributed by atoms with Gasteiger partial charge in [0.05, 0.1) is 0 Å². The van der Waals surface area contributed by atoms with Crippen molar-refractivity contribution >= 4 is 0 Å². The maximum absolute atomic E-state index is 6.29. The minimum Gasteiger partial charge on any atom is -0.324 e. The first-order valence-corrected chi connectivity index (χ1v) is 5.71. The first-order valence-electron chi connectivity index (χ1n) is 5.71. The second-order valence-electron chi connectivity index (χ2n) is 4.41. The van der Waals surface area contributed by atoms with Gasteiger partial charge >= 0.3 is 0 Å². The lowest BCUT2D eigenvalue weighted by atomic mass is 9.93. The van der Waals surface area contributed by atoms with Crippen molar-refractivity contribution < 1.29 is 0 Å². The second kappa shape index (κ2) is 4.97. The van der Waals surface area contributed by atoms with Crippen LogP contribution in [0.3, 0.4) is 0 Å². The van der Waals surface area contributed by atoms with Gasteiger partial charge in [0.1, 0.15) is 0 Å². The van der Waals surface area contributed by atoms with Crippen molar-refractivity contribution in [2.75, 3.05) is 19.6 Å². The minimum absolute atomic E-state index is 0.0668. The van der Waals surface area contributed by atoms with Crippen LogP contribution >= 0.6 is 0 Å². The van der Waals surface area contributed by atoms with Crippen LogP contribution in [0.5, 0.6) is 0 Å². The molecule has 1 saturated heterocycles. The molecule has 2 N–H and O–H groups in total. The molecular formula is C11H24N2. The van der Waals surface area contributed by atoms with Crippen LogP contribution in [0.15, 0.2) is 0 Å². The Bertz CT molecular complexity index is 135. The number of nitrogens with two attached hydrogens (primary N) is 1. The van der Waals surface area contributed by atoms with Crippen LogP contribution in [0.25, 0.3) is 0 Å². The van der Waals surface area contributed by atoms with Gasteiger partial charge in [-0.25, -0.2) is 0 Å². The fourth-order valence-electron chi connectivity index (χ4n) is 2.04. The zero-order valence-electron chi connectivity index (χ0n) is 9.18. The monoisotopic (exact) mass is 184 g/mol. The van der Waals surface area contributed by atoms with Gasteiger partial charge in [-0.15, -0.1) is 0 Å². The van der Waals surface area contributed by atoms with Gasteiger partial charge in [0.2, 0.25) is 0 Å². The Balaban J connectivity index is 2.35. The van der Waals surface area contributed by atoms with Crippen molar-refractivity contribution in [3.05, 3.63) is 0 Å². The molecule has 1 aliphatic heterocycles. The zero-order valence-corrected chi connectivity index (χ0v) is 9.18. The molecule has 2 heteroatoms. The van der Waals surface area contributed by atoms with E-state index in [1.54, 1.807) is 0 Å². The molecule has 78 valence electrons. The number of likely N-dealkylation sites (tertiary alicyclic amines) is 1. The number of rotatable bonds is 4. The molecule has 0 amide bonds. The van der Waals surface area contributed by atoms with E-state index in [9.17, 15) is 0 Å². The highest BCUT2D eigenvalue weighted by molar-refractivity contribution is 4.85. The molecule has 1 aliphatic rings. The van der Waals surface area contributed by atoms with Gasteiger partial charge in [-0.3, -0.25) is 0 Å². The quantitative estimate of drug-likeness (QED) is 0.724. The van der Waals surface area contributed by atoms with Crippen LogP contribution in [0.4, 0.5) is 0 Å². The minimum atomic E-state index is 0.0668. The van der Waals surface area contributed by atoms with Crippen LogP contribution in [0, 0.1) is 0 Å². The van der Waals surface area contributed by atoms with E-state index in [4.69, 9.17) is 5.73 Å². The molecule has 1 fully saturated rings. The average molecular weight is 184 g/mol. The van der Waals surface area contributed by atoms with Gasteiger partial charge in [-0.2, -0.15) is 0 Å². The Hall–Kier alpha value is -0.0800. The van der Waals surface area contributed by atoms with Gasteiger partial charge in [-0.05, 0) is 38.8 Å². The summed E-state index contributed by atoms with van der Waals surface area (Å²) in [6.45, 7) is 8.03. The summed E-state index contributed by atoms with van der Waals surface area (Å²) in [6.07, 6.45) is 6.33. The summed E-state index contributed by atoms with van der Waals surface area (Å²) in [6, 6.07) is 0. The lowest BCUT2D eigenvalue weighted by molar-refractivity contribution is 0.171. The summed E-state index contributed by atoms with van der Waals surface area (Å²) >= 11 is 0. The summed E-state index contributed by atoms with van der Waals surface area (Å²) < 4.78 is 0. The predicted molar refractivity (Wildman–Crippen MR) is 57.8 cm³/mol. The highest BCUT2D eigenvalue weighted by Crippen LogP contribution is 2.16. The molecule has 2 nitrogen and oxygen atoms in total. The van der Waals surface area contributed by atoms with Crippen LogP contribution < -0.4 is 5.73 Å². The molecule has 1 heterocycles. The van der Waals surface area contributed by atoms with Crippen LogP contribution in [0.2, 0.25) is 0 Å². The standard InChI is InChI=1S/C11H24N2/c1-3-11(12,4-2)10-13-8-6-5-7-9-13/h3-10,12H2,1-2H3. The molecule has 1 rings (SSSR count). The second-order valence-corrected chi connectivity index (χ2v) is 4.41. The number of piperidine rings is 1. The Morgan fingerprint density at radius 1 is 1.08 bits per heavy atom. The molecule has 0 aromatic carbocycles. The third-order valence-corrected chi connectivity index (χ3v) is 3.40. The maximum atomic E-state index is 6.29. The fraction of sp³-hybridized carbons (Fsp3) is 1.00. The Morgan fingerprint density at radius 3 is 2.08 bits per heavy atom. The number of nitrogens with zero attached hydrogens (tertiary/aromatic N) is 1. The van der Waals surface area contributed by atoms with E-state index in [2.05, 4.69) is 18.7 Å². The van der Waals surface area contributed by atoms with Crippen LogP contribution in [-0.2, 0) is 0 Å². The summed E-state index contributed by atoms with van der Waals surface area (Å²) in [5.74, 6) is 0. The van der Waals surface area contributed by atoms with E-state index >= 15 is 0 Å². The molecule has 0 radical (unpaired) electrons. The molecule has 0 atom stereocenters. The van der Waals surface area contributed by atoms with E-state index in [1.807, 2.05) is 0 Å². The number of hydrogen-bond donors (Lipinski definition) is 1. The summed E-state index contributed by atoms with van der Waals surface area (Å²) in [5, 5.41) is 0. The summed E-state index contributed by atoms with van der Waals surface area (Å²) in [5.41, 5.74) is 6.35. The van der Waals surface area contributed by atoms with Gasteiger partial charge in [0.25, 0.3) is 0 Å². The third-order valence-electron chi connectivity index (χ3n) is 3.40. The van der Waals surface area contributed by atoms with E-state index in [0.29, 0.717) is 0 Å². The van der Waals surface area contributed by atoms with Crippen molar-refractivity contribution in [3.8, 4) is 0 Å². The highest BCUT2D eigenvalue weighted by Gasteiger charge is 2.24. The predicted octanol–water partition coefficient (Wildman–Crippen LogP) is 1.99. The highest BCUT2D eigenvalue weighted by atomic mass is 15.1. The molecule has 0 spiro atoms. The summed E-state index contributed by atoms with van der Waals surface area (Å²) in [4.78, 5) is 2.54. The van der Waals surface area contributed by atoms with E-state index in [-0.39, 0.29) is 5.54 Å². The lowest BCUT2D eigenvalue weighted by Gasteiger charge is -2.36. The van der Waals surface area contributed by atoms with Crippen LogP contribution in [0.1, 0.15) is 46.0 Å². The van der Waals surface area contributed by atoms with Crippen molar-refractivity contribution in [1.82, 2.24) is 4.90 Å². The van der Waals surface area contributed by atoms with Crippen molar-refractivity contribution in [2.45, 2.75) is 51.5 Å². The molecule has 0 aromatic heterocycles. The van der Waals surface area contributed by atoms with E-state index in [1.165, 1.54) is 32.4 Å². The third kappa shape index (κ3) is 3.28. The van der Waals surface area contributed by atoms with Gasteiger partial charge in [0, 0.05) is 12.1 Å². The van der Waals surface area contributed by atoms with E-state index in [0.717, 1.165) is 19.4 Å². The molecule has 0 aliphatic carbocycles. The molecule has 0 bridgehead atoms. The topological polar surface area (TPSA) is 29.3 Å². The lowest BCUT2D eigenvalue weighted by Crippen LogP contribution is -2.50. The molecule has 0 unspecified atom stereocenters. The van der Waals surface area contributed by atoms with Gasteiger partial charge in [-0.1, -0.05) is 20.3 Å². The molecule has 0 saturated carbocycles. The van der Waals surface area contributed by atoms with Crippen LogP contribution in [-0.4, -0.2) is 30.1 Å². The first kappa shape index (κ1) is 11.0. The molecule has 0 aromatic rings. The normalized spacial score (nSPS) is 20.5.